The first kappa shape index (κ1) is 17.8. The average molecular weight is 353 g/mol. The molecule has 1 amide bonds. The summed E-state index contributed by atoms with van der Waals surface area (Å²) in [5.41, 5.74) is 0. The van der Waals surface area contributed by atoms with Gasteiger partial charge in [0.25, 0.3) is 0 Å². The fourth-order valence-corrected chi connectivity index (χ4v) is 4.34. The average Bonchev–Trinajstić information content (AvgIpc) is 3.04. The van der Waals surface area contributed by atoms with Gasteiger partial charge in [0, 0.05) is 57.5 Å². The van der Waals surface area contributed by atoms with Crippen molar-refractivity contribution < 1.29 is 9.53 Å². The van der Waals surface area contributed by atoms with Crippen LogP contribution in [0.5, 0.6) is 0 Å². The SMILES string of the molecule is Cn1ccnc1SCCNC(=O)[C@@H]1CCCN(C2CCOCC2)C1. The van der Waals surface area contributed by atoms with E-state index in [1.165, 1.54) is 0 Å². The Bertz CT molecular complexity index is 530. The zero-order valence-corrected chi connectivity index (χ0v) is 15.3. The Morgan fingerprint density at radius 1 is 1.42 bits per heavy atom. The molecular weight excluding hydrogens is 324 g/mol. The molecule has 0 unspecified atom stereocenters. The van der Waals surface area contributed by atoms with Gasteiger partial charge < -0.3 is 14.6 Å². The minimum absolute atomic E-state index is 0.139. The summed E-state index contributed by atoms with van der Waals surface area (Å²) in [6.07, 6.45) is 8.08. The van der Waals surface area contributed by atoms with E-state index in [0.717, 1.165) is 62.9 Å². The molecule has 0 radical (unpaired) electrons. The van der Waals surface area contributed by atoms with Crippen LogP contribution in [-0.4, -0.2) is 65.0 Å². The number of aromatic nitrogens is 2. The number of amides is 1. The molecule has 0 bridgehead atoms. The lowest BCUT2D eigenvalue weighted by molar-refractivity contribution is -0.127. The number of nitrogens with one attached hydrogen (secondary N) is 1. The Morgan fingerprint density at radius 2 is 2.25 bits per heavy atom. The van der Waals surface area contributed by atoms with Crippen LogP contribution in [-0.2, 0) is 16.6 Å². The lowest BCUT2D eigenvalue weighted by Crippen LogP contribution is -2.48. The molecule has 7 heteroatoms. The van der Waals surface area contributed by atoms with E-state index in [1.54, 1.807) is 18.0 Å². The van der Waals surface area contributed by atoms with E-state index in [0.29, 0.717) is 12.6 Å². The molecule has 3 rings (SSSR count). The van der Waals surface area contributed by atoms with Gasteiger partial charge in [0.1, 0.15) is 0 Å². The van der Waals surface area contributed by atoms with Crippen LogP contribution < -0.4 is 5.32 Å². The summed E-state index contributed by atoms with van der Waals surface area (Å²) in [5.74, 6) is 1.21. The Morgan fingerprint density at radius 3 is 3.00 bits per heavy atom. The maximum atomic E-state index is 12.5. The number of nitrogens with zero attached hydrogens (tertiary/aromatic N) is 3. The van der Waals surface area contributed by atoms with Crippen LogP contribution >= 0.6 is 11.8 Å². The molecule has 24 heavy (non-hydrogen) atoms. The topological polar surface area (TPSA) is 59.4 Å². The normalized spacial score (nSPS) is 23.3. The van der Waals surface area contributed by atoms with Gasteiger partial charge in [-0.2, -0.15) is 0 Å². The predicted molar refractivity (Wildman–Crippen MR) is 95.1 cm³/mol. The Kier molecular flexibility index (Phi) is 6.57. The van der Waals surface area contributed by atoms with Crippen LogP contribution in [0, 0.1) is 5.92 Å². The van der Waals surface area contributed by atoms with Crippen molar-refractivity contribution in [1.82, 2.24) is 19.8 Å². The van der Waals surface area contributed by atoms with Crippen molar-refractivity contribution in [1.29, 1.82) is 0 Å². The summed E-state index contributed by atoms with van der Waals surface area (Å²) < 4.78 is 7.45. The van der Waals surface area contributed by atoms with E-state index in [4.69, 9.17) is 4.74 Å². The number of aryl methyl sites for hydroxylation is 1. The number of likely N-dealkylation sites (tertiary alicyclic amines) is 1. The van der Waals surface area contributed by atoms with Gasteiger partial charge in [-0.05, 0) is 32.2 Å². The summed E-state index contributed by atoms with van der Waals surface area (Å²) >= 11 is 1.68. The highest BCUT2D eigenvalue weighted by atomic mass is 32.2. The Labute approximate surface area is 148 Å². The van der Waals surface area contributed by atoms with Crippen LogP contribution in [0.2, 0.25) is 0 Å². The van der Waals surface area contributed by atoms with Gasteiger partial charge in [0.05, 0.1) is 5.92 Å². The van der Waals surface area contributed by atoms with Gasteiger partial charge in [-0.15, -0.1) is 0 Å². The van der Waals surface area contributed by atoms with E-state index < -0.39 is 0 Å². The molecule has 2 aliphatic rings. The molecule has 1 atom stereocenters. The first-order valence-corrected chi connectivity index (χ1v) is 9.92. The van der Waals surface area contributed by atoms with E-state index in [1.807, 2.05) is 17.8 Å². The zero-order chi connectivity index (χ0) is 16.8. The summed E-state index contributed by atoms with van der Waals surface area (Å²) in [5, 5.41) is 4.10. The molecule has 0 saturated carbocycles. The van der Waals surface area contributed by atoms with E-state index >= 15 is 0 Å². The minimum atomic E-state index is 0.139. The van der Waals surface area contributed by atoms with Crippen molar-refractivity contribution in [3.63, 3.8) is 0 Å². The third kappa shape index (κ3) is 4.74. The number of carbonyl (C=O) groups excluding carboxylic acids is 1. The van der Waals surface area contributed by atoms with Crippen LogP contribution in [0.3, 0.4) is 0 Å². The van der Waals surface area contributed by atoms with Crippen LogP contribution in [0.25, 0.3) is 0 Å². The third-order valence-corrected chi connectivity index (χ3v) is 6.00. The third-order valence-electron chi connectivity index (χ3n) is 4.94. The van der Waals surface area contributed by atoms with Crippen molar-refractivity contribution in [3.8, 4) is 0 Å². The van der Waals surface area contributed by atoms with Crippen LogP contribution in [0.1, 0.15) is 25.7 Å². The lowest BCUT2D eigenvalue weighted by atomic mass is 9.94. The lowest BCUT2D eigenvalue weighted by Gasteiger charge is -2.39. The molecule has 1 N–H and O–H groups in total. The fourth-order valence-electron chi connectivity index (χ4n) is 3.55. The maximum absolute atomic E-state index is 12.5. The first-order valence-electron chi connectivity index (χ1n) is 8.93. The molecule has 2 saturated heterocycles. The molecule has 0 spiro atoms. The number of hydrogen-bond donors (Lipinski definition) is 1. The van der Waals surface area contributed by atoms with Gasteiger partial charge in [0.15, 0.2) is 5.16 Å². The second-order valence-electron chi connectivity index (χ2n) is 6.64. The molecular formula is C17H28N4O2S. The minimum Gasteiger partial charge on any atom is -0.381 e. The molecule has 2 fully saturated rings. The summed E-state index contributed by atoms with van der Waals surface area (Å²) in [4.78, 5) is 19.3. The van der Waals surface area contributed by atoms with Gasteiger partial charge >= 0.3 is 0 Å². The molecule has 1 aromatic heterocycles. The highest BCUT2D eigenvalue weighted by molar-refractivity contribution is 7.99. The van der Waals surface area contributed by atoms with Crippen molar-refractivity contribution >= 4 is 17.7 Å². The van der Waals surface area contributed by atoms with E-state index in [2.05, 4.69) is 15.2 Å². The monoisotopic (exact) mass is 352 g/mol. The highest BCUT2D eigenvalue weighted by Gasteiger charge is 2.30. The number of hydrogen-bond acceptors (Lipinski definition) is 5. The summed E-state index contributed by atoms with van der Waals surface area (Å²) in [6.45, 7) is 4.46. The summed E-state index contributed by atoms with van der Waals surface area (Å²) in [7, 11) is 1.99. The van der Waals surface area contributed by atoms with Crippen molar-refractivity contribution in [2.45, 2.75) is 36.9 Å². The molecule has 0 aromatic carbocycles. The van der Waals surface area contributed by atoms with Gasteiger partial charge in [0.2, 0.25) is 5.91 Å². The van der Waals surface area contributed by atoms with E-state index in [-0.39, 0.29) is 11.8 Å². The number of imidazole rings is 1. The number of ether oxygens (including phenoxy) is 1. The smallest absolute Gasteiger partial charge is 0.224 e. The van der Waals surface area contributed by atoms with E-state index in [9.17, 15) is 4.79 Å². The number of thioether (sulfide) groups is 1. The molecule has 2 aliphatic heterocycles. The standard InChI is InChI=1S/C17H28N4O2S/c1-20-9-6-19-17(20)24-12-7-18-16(22)14-3-2-8-21(13-14)15-4-10-23-11-5-15/h6,9,14-15H,2-5,7-8,10-13H2,1H3,(H,18,22)/t14-/m1/s1. The Balaban J connectivity index is 1.38. The number of carbonyl (C=O) groups is 1. The second kappa shape index (κ2) is 8.87. The highest BCUT2D eigenvalue weighted by Crippen LogP contribution is 2.23. The number of piperidine rings is 1. The van der Waals surface area contributed by atoms with Crippen molar-refractivity contribution in [2.75, 3.05) is 38.6 Å². The van der Waals surface area contributed by atoms with Gasteiger partial charge in [-0.3, -0.25) is 9.69 Å². The number of rotatable bonds is 6. The molecule has 6 nitrogen and oxygen atoms in total. The molecule has 134 valence electrons. The molecule has 3 heterocycles. The van der Waals surface area contributed by atoms with Gasteiger partial charge in [-0.1, -0.05) is 11.8 Å². The predicted octanol–water partition coefficient (Wildman–Crippen LogP) is 1.52. The maximum Gasteiger partial charge on any atom is 0.224 e. The summed E-state index contributed by atoms with van der Waals surface area (Å²) in [6, 6.07) is 0.605. The quantitative estimate of drug-likeness (QED) is 0.621. The Hall–Kier alpha value is -1.05. The molecule has 0 aliphatic carbocycles. The van der Waals surface area contributed by atoms with Gasteiger partial charge in [-0.25, -0.2) is 4.98 Å². The van der Waals surface area contributed by atoms with Crippen molar-refractivity contribution in [2.24, 2.45) is 13.0 Å². The second-order valence-corrected chi connectivity index (χ2v) is 7.70. The molecule has 1 aromatic rings. The van der Waals surface area contributed by atoms with Crippen molar-refractivity contribution in [3.05, 3.63) is 12.4 Å². The largest absolute Gasteiger partial charge is 0.381 e. The van der Waals surface area contributed by atoms with Crippen LogP contribution in [0.15, 0.2) is 17.6 Å². The van der Waals surface area contributed by atoms with Crippen LogP contribution in [0.4, 0.5) is 0 Å². The first-order chi connectivity index (χ1) is 11.7. The fraction of sp³-hybridized carbons (Fsp3) is 0.765. The zero-order valence-electron chi connectivity index (χ0n) is 14.4.